The van der Waals surface area contributed by atoms with E-state index >= 15 is 0 Å². The van der Waals surface area contributed by atoms with Crippen molar-refractivity contribution in [3.63, 3.8) is 0 Å². The maximum atomic E-state index is 14.1. The van der Waals surface area contributed by atoms with Crippen molar-refractivity contribution in [1.29, 1.82) is 0 Å². The van der Waals surface area contributed by atoms with E-state index in [4.69, 9.17) is 5.73 Å². The second kappa shape index (κ2) is 10.8. The smallest absolute Gasteiger partial charge is 0.251 e. The Balaban J connectivity index is 0.000000396. The van der Waals surface area contributed by atoms with Gasteiger partial charge in [0.15, 0.2) is 17.5 Å². The van der Waals surface area contributed by atoms with E-state index in [9.17, 15) is 23.1 Å². The summed E-state index contributed by atoms with van der Waals surface area (Å²) < 4.78 is 41.1. The molecule has 11 heteroatoms. The highest BCUT2D eigenvalue weighted by atomic mass is 19.1. The van der Waals surface area contributed by atoms with Crippen LogP contribution in [0.2, 0.25) is 0 Å². The van der Waals surface area contributed by atoms with Crippen molar-refractivity contribution in [3.05, 3.63) is 47.8 Å². The molecule has 0 atom stereocenters. The van der Waals surface area contributed by atoms with Crippen LogP contribution in [0.25, 0.3) is 17.0 Å². The second-order valence-corrected chi connectivity index (χ2v) is 8.72. The van der Waals surface area contributed by atoms with E-state index in [1.807, 2.05) is 0 Å². The number of nitrogen functional groups attached to an aromatic ring is 1. The van der Waals surface area contributed by atoms with Crippen LogP contribution in [0.3, 0.4) is 0 Å². The molecule has 1 saturated heterocycles. The predicted octanol–water partition coefficient (Wildman–Crippen LogP) is 2.86. The van der Waals surface area contributed by atoms with Crippen molar-refractivity contribution < 1.29 is 23.1 Å². The number of rotatable bonds is 5. The highest BCUT2D eigenvalue weighted by molar-refractivity contribution is 5.95. The van der Waals surface area contributed by atoms with Gasteiger partial charge in [-0.3, -0.25) is 9.20 Å². The van der Waals surface area contributed by atoms with Gasteiger partial charge in [-0.1, -0.05) is 0 Å². The van der Waals surface area contributed by atoms with Crippen LogP contribution >= 0.6 is 0 Å². The molecule has 34 heavy (non-hydrogen) atoms. The number of aliphatic hydroxyl groups is 1. The molecule has 184 valence electrons. The maximum Gasteiger partial charge on any atom is 0.251 e. The van der Waals surface area contributed by atoms with E-state index in [2.05, 4.69) is 20.6 Å². The fourth-order valence-electron chi connectivity index (χ4n) is 3.33. The van der Waals surface area contributed by atoms with Crippen LogP contribution in [0.5, 0.6) is 0 Å². The van der Waals surface area contributed by atoms with Gasteiger partial charge < -0.3 is 21.5 Å². The lowest BCUT2D eigenvalue weighted by molar-refractivity contribution is 0.0693. The number of anilines is 1. The first-order valence-corrected chi connectivity index (χ1v) is 11.0. The van der Waals surface area contributed by atoms with E-state index in [1.54, 1.807) is 26.1 Å². The van der Waals surface area contributed by atoms with Crippen molar-refractivity contribution in [2.24, 2.45) is 0 Å². The zero-order chi connectivity index (χ0) is 24.9. The van der Waals surface area contributed by atoms with Crippen LogP contribution in [0.15, 0.2) is 30.6 Å². The molecule has 5 N–H and O–H groups in total. The molecular weight excluding hydrogens is 449 g/mol. The Morgan fingerprint density at radius 3 is 2.62 bits per heavy atom. The number of hydrogen-bond acceptors (Lipinski definition) is 6. The third kappa shape index (κ3) is 6.67. The van der Waals surface area contributed by atoms with E-state index < -0.39 is 29.2 Å². The summed E-state index contributed by atoms with van der Waals surface area (Å²) in [6, 6.07) is 3.75. The summed E-state index contributed by atoms with van der Waals surface area (Å²) in [4.78, 5) is 20.1. The minimum atomic E-state index is -0.935. The van der Waals surface area contributed by atoms with Crippen molar-refractivity contribution in [2.45, 2.75) is 44.9 Å². The first kappa shape index (κ1) is 25.4. The number of piperidine rings is 1. The van der Waals surface area contributed by atoms with Gasteiger partial charge in [0.1, 0.15) is 17.5 Å². The van der Waals surface area contributed by atoms with Crippen LogP contribution in [-0.2, 0) is 0 Å². The largest absolute Gasteiger partial charge is 0.390 e. The maximum absolute atomic E-state index is 14.1. The zero-order valence-corrected chi connectivity index (χ0v) is 19.1. The number of carbonyl (C=O) groups is 1. The number of imidazole rings is 1. The van der Waals surface area contributed by atoms with E-state index in [-0.39, 0.29) is 17.3 Å². The van der Waals surface area contributed by atoms with Crippen LogP contribution in [0, 0.1) is 11.6 Å². The summed E-state index contributed by atoms with van der Waals surface area (Å²) in [7, 11) is 0. The number of fused-ring (bicyclic) bond motifs is 1. The number of carbonyl (C=O) groups excluding carboxylic acids is 1. The minimum absolute atomic E-state index is 0.135. The van der Waals surface area contributed by atoms with Crippen molar-refractivity contribution in [1.82, 2.24) is 25.0 Å². The SMILES string of the molecule is CC(C)(O)CCNC(=O)c1ccn2c(-c3nc(N)c(F)cc3F)cnc2c1.FC1CCNCC1. The number of nitrogens with two attached hydrogens (primary N) is 1. The van der Waals surface area contributed by atoms with Crippen molar-refractivity contribution in [2.75, 3.05) is 25.4 Å². The van der Waals surface area contributed by atoms with Gasteiger partial charge in [-0.05, 0) is 58.3 Å². The molecule has 4 rings (SSSR count). The molecule has 1 aliphatic rings. The molecule has 1 aliphatic heterocycles. The number of amides is 1. The lowest BCUT2D eigenvalue weighted by Gasteiger charge is -2.16. The summed E-state index contributed by atoms with van der Waals surface area (Å²) in [5, 5.41) is 15.5. The van der Waals surface area contributed by atoms with E-state index in [1.165, 1.54) is 16.7 Å². The normalized spacial score (nSPS) is 14.5. The molecule has 1 amide bonds. The molecule has 0 radical (unpaired) electrons. The summed E-state index contributed by atoms with van der Waals surface area (Å²) >= 11 is 0. The number of aromatic nitrogens is 3. The van der Waals surface area contributed by atoms with Gasteiger partial charge in [-0.25, -0.2) is 23.1 Å². The first-order chi connectivity index (χ1) is 16.0. The Hall–Kier alpha value is -3.18. The molecule has 3 aromatic heterocycles. The van der Waals surface area contributed by atoms with Crippen LogP contribution in [0.4, 0.5) is 19.0 Å². The van der Waals surface area contributed by atoms with Crippen LogP contribution in [0.1, 0.15) is 43.5 Å². The molecule has 0 unspecified atom stereocenters. The van der Waals surface area contributed by atoms with Gasteiger partial charge >= 0.3 is 0 Å². The van der Waals surface area contributed by atoms with E-state index in [0.29, 0.717) is 43.1 Å². The molecular formula is C23H29F3N6O2. The third-order valence-electron chi connectivity index (χ3n) is 5.27. The van der Waals surface area contributed by atoms with Gasteiger partial charge in [0.2, 0.25) is 0 Å². The van der Waals surface area contributed by atoms with E-state index in [0.717, 1.165) is 13.1 Å². The summed E-state index contributed by atoms with van der Waals surface area (Å²) in [5.74, 6) is -2.53. The Morgan fingerprint density at radius 2 is 2.00 bits per heavy atom. The highest BCUT2D eigenvalue weighted by Gasteiger charge is 2.17. The molecule has 3 aromatic rings. The summed E-state index contributed by atoms with van der Waals surface area (Å²) in [5.41, 5.74) is 5.46. The number of nitrogens with one attached hydrogen (secondary N) is 2. The molecule has 0 spiro atoms. The van der Waals surface area contributed by atoms with Gasteiger partial charge in [-0.2, -0.15) is 0 Å². The topological polar surface area (TPSA) is 118 Å². The Labute approximate surface area is 195 Å². The third-order valence-corrected chi connectivity index (χ3v) is 5.27. The van der Waals surface area contributed by atoms with Crippen molar-refractivity contribution >= 4 is 17.4 Å². The lowest BCUT2D eigenvalue weighted by Crippen LogP contribution is -2.30. The molecule has 0 aromatic carbocycles. The summed E-state index contributed by atoms with van der Waals surface area (Å²) in [6.07, 6.45) is 4.21. The Bertz CT molecular complexity index is 1140. The fourth-order valence-corrected chi connectivity index (χ4v) is 3.33. The molecule has 0 saturated carbocycles. The van der Waals surface area contributed by atoms with Gasteiger partial charge in [0.25, 0.3) is 5.91 Å². The molecule has 4 heterocycles. The molecule has 0 bridgehead atoms. The van der Waals surface area contributed by atoms with Crippen molar-refractivity contribution in [3.8, 4) is 11.4 Å². The highest BCUT2D eigenvalue weighted by Crippen LogP contribution is 2.25. The Kier molecular flexibility index (Phi) is 8.11. The monoisotopic (exact) mass is 478 g/mol. The van der Waals surface area contributed by atoms with Crippen LogP contribution in [-0.4, -0.2) is 56.8 Å². The zero-order valence-electron chi connectivity index (χ0n) is 19.1. The quantitative estimate of drug-likeness (QED) is 0.448. The predicted molar refractivity (Wildman–Crippen MR) is 123 cm³/mol. The first-order valence-electron chi connectivity index (χ1n) is 11.0. The number of halogens is 3. The minimum Gasteiger partial charge on any atom is -0.390 e. The molecule has 0 aliphatic carbocycles. The van der Waals surface area contributed by atoms with Gasteiger partial charge in [-0.15, -0.1) is 0 Å². The lowest BCUT2D eigenvalue weighted by atomic mass is 10.1. The second-order valence-electron chi connectivity index (χ2n) is 8.72. The average Bonchev–Trinajstić information content (AvgIpc) is 3.19. The number of hydrogen-bond donors (Lipinski definition) is 4. The number of nitrogens with zero attached hydrogens (tertiary/aromatic N) is 3. The fraction of sp³-hybridized carbons (Fsp3) is 0.435. The molecule has 1 fully saturated rings. The van der Waals surface area contributed by atoms with Gasteiger partial charge in [0.05, 0.1) is 17.5 Å². The van der Waals surface area contributed by atoms with Crippen LogP contribution < -0.4 is 16.4 Å². The van der Waals surface area contributed by atoms with Gasteiger partial charge in [0, 0.05) is 24.4 Å². The molecule has 8 nitrogen and oxygen atoms in total. The number of pyridine rings is 2. The standard InChI is InChI=1S/C18H19F2N5O2.C5H10FN/c1-18(2,27)4-5-22-17(26)10-3-6-25-13(9-23-14(25)7-10)15-11(19)8-12(20)16(21)24-15;6-5-1-3-7-4-2-5/h3,6-9,27H,4-5H2,1-2H3,(H2,21,24)(H,22,26);5,7H,1-4H2. The average molecular weight is 479 g/mol. The Morgan fingerprint density at radius 1 is 1.29 bits per heavy atom. The summed E-state index contributed by atoms with van der Waals surface area (Å²) in [6.45, 7) is 5.36. The number of alkyl halides is 1.